The lowest BCUT2D eigenvalue weighted by Gasteiger charge is -2.22. The monoisotopic (exact) mass is 204 g/mol. The molecule has 0 fully saturated rings. The van der Waals surface area contributed by atoms with Crippen molar-refractivity contribution in [1.29, 1.82) is 0 Å². The van der Waals surface area contributed by atoms with Gasteiger partial charge in [-0.2, -0.15) is 0 Å². The summed E-state index contributed by atoms with van der Waals surface area (Å²) in [6.07, 6.45) is 0.985. The minimum Gasteiger partial charge on any atom is -0.469 e. The van der Waals surface area contributed by atoms with Crippen molar-refractivity contribution in [2.24, 2.45) is 0 Å². The minimum atomic E-state index is -0.274. The van der Waals surface area contributed by atoms with E-state index < -0.39 is 0 Å². The Bertz CT molecular complexity index is 409. The first-order chi connectivity index (χ1) is 7.24. The van der Waals surface area contributed by atoms with Crippen LogP contribution in [-0.2, 0) is 9.53 Å². The third-order valence-corrected chi connectivity index (χ3v) is 2.78. The molecule has 0 saturated carbocycles. The van der Waals surface area contributed by atoms with Gasteiger partial charge < -0.3 is 4.74 Å². The van der Waals surface area contributed by atoms with E-state index in [9.17, 15) is 9.59 Å². The van der Waals surface area contributed by atoms with Gasteiger partial charge in [-0.05, 0) is 12.0 Å². The first-order valence-electron chi connectivity index (χ1n) is 4.94. The molecule has 2 rings (SSSR count). The van der Waals surface area contributed by atoms with Gasteiger partial charge in [-0.15, -0.1) is 0 Å². The second-order valence-corrected chi connectivity index (χ2v) is 3.62. The second-order valence-electron chi connectivity index (χ2n) is 3.62. The highest BCUT2D eigenvalue weighted by Crippen LogP contribution is 2.32. The minimum absolute atomic E-state index is 0.116. The number of Topliss-reactive ketones (excluding diaryl/α,β-unsaturated/α-hetero) is 1. The molecule has 1 atom stereocenters. The number of hydrogen-bond acceptors (Lipinski definition) is 3. The van der Waals surface area contributed by atoms with Crippen molar-refractivity contribution >= 4 is 11.8 Å². The van der Waals surface area contributed by atoms with Crippen LogP contribution in [0.1, 0.15) is 34.7 Å². The molecule has 0 heterocycles. The van der Waals surface area contributed by atoms with Crippen molar-refractivity contribution in [2.45, 2.75) is 18.8 Å². The van der Waals surface area contributed by atoms with Crippen molar-refractivity contribution in [3.8, 4) is 0 Å². The summed E-state index contributed by atoms with van der Waals surface area (Å²) in [7, 11) is 1.38. The molecule has 0 unspecified atom stereocenters. The van der Waals surface area contributed by atoms with Crippen LogP contribution < -0.4 is 0 Å². The largest absolute Gasteiger partial charge is 0.469 e. The molecule has 1 aliphatic rings. The van der Waals surface area contributed by atoms with Crippen molar-refractivity contribution in [1.82, 2.24) is 0 Å². The standard InChI is InChI=1S/C12H12O3/c1-15-12(14)10-6-7-11(13)9-5-3-2-4-8(9)10/h2-5,10H,6-7H2,1H3/t10-/m1/s1. The van der Waals surface area contributed by atoms with Crippen LogP contribution in [0.3, 0.4) is 0 Å². The van der Waals surface area contributed by atoms with E-state index in [1.165, 1.54) is 7.11 Å². The Morgan fingerprint density at radius 1 is 1.40 bits per heavy atom. The molecule has 0 aromatic heterocycles. The van der Waals surface area contributed by atoms with E-state index in [1.807, 2.05) is 18.2 Å². The quantitative estimate of drug-likeness (QED) is 0.656. The predicted molar refractivity (Wildman–Crippen MR) is 54.8 cm³/mol. The molecule has 0 bridgehead atoms. The molecule has 1 aromatic rings. The Kier molecular flexibility index (Phi) is 2.54. The summed E-state index contributed by atoms with van der Waals surface area (Å²) in [6.45, 7) is 0. The van der Waals surface area contributed by atoms with E-state index in [2.05, 4.69) is 0 Å². The number of benzene rings is 1. The molecule has 0 amide bonds. The van der Waals surface area contributed by atoms with Gasteiger partial charge in [0.2, 0.25) is 0 Å². The number of esters is 1. The number of ether oxygens (including phenoxy) is 1. The normalized spacial score (nSPS) is 19.5. The molecule has 0 saturated heterocycles. The summed E-state index contributed by atoms with van der Waals surface area (Å²) in [6, 6.07) is 7.25. The molecule has 0 radical (unpaired) electrons. The van der Waals surface area contributed by atoms with Gasteiger partial charge in [0, 0.05) is 12.0 Å². The van der Waals surface area contributed by atoms with E-state index in [1.54, 1.807) is 6.07 Å². The van der Waals surface area contributed by atoms with Crippen LogP contribution in [0.4, 0.5) is 0 Å². The van der Waals surface area contributed by atoms with Crippen molar-refractivity contribution in [3.05, 3.63) is 35.4 Å². The fourth-order valence-corrected chi connectivity index (χ4v) is 2.01. The third-order valence-electron chi connectivity index (χ3n) is 2.78. The van der Waals surface area contributed by atoms with Gasteiger partial charge in [0.25, 0.3) is 0 Å². The number of carbonyl (C=O) groups excluding carboxylic acids is 2. The van der Waals surface area contributed by atoms with E-state index in [0.717, 1.165) is 5.56 Å². The van der Waals surface area contributed by atoms with E-state index >= 15 is 0 Å². The Hall–Kier alpha value is -1.64. The maximum atomic E-state index is 11.6. The lowest BCUT2D eigenvalue weighted by Crippen LogP contribution is -2.22. The number of ketones is 1. The highest BCUT2D eigenvalue weighted by molar-refractivity contribution is 6.01. The molecule has 15 heavy (non-hydrogen) atoms. The van der Waals surface area contributed by atoms with Gasteiger partial charge in [-0.25, -0.2) is 0 Å². The summed E-state index contributed by atoms with van der Waals surface area (Å²) in [5.74, 6) is -0.412. The molecule has 78 valence electrons. The summed E-state index contributed by atoms with van der Waals surface area (Å²) >= 11 is 0. The zero-order valence-electron chi connectivity index (χ0n) is 8.53. The maximum absolute atomic E-state index is 11.6. The second kappa shape index (κ2) is 3.85. The Balaban J connectivity index is 2.44. The fraction of sp³-hybridized carbons (Fsp3) is 0.333. The third kappa shape index (κ3) is 1.65. The topological polar surface area (TPSA) is 43.4 Å². The number of methoxy groups -OCH3 is 1. The maximum Gasteiger partial charge on any atom is 0.313 e. The number of fused-ring (bicyclic) bond motifs is 1. The molecular weight excluding hydrogens is 192 g/mol. The number of rotatable bonds is 1. The van der Waals surface area contributed by atoms with Crippen LogP contribution in [0.2, 0.25) is 0 Å². The zero-order valence-corrected chi connectivity index (χ0v) is 8.53. The van der Waals surface area contributed by atoms with Gasteiger partial charge in [0.1, 0.15) is 0 Å². The summed E-state index contributed by atoms with van der Waals surface area (Å²) in [5, 5.41) is 0. The molecule has 1 aliphatic carbocycles. The highest BCUT2D eigenvalue weighted by atomic mass is 16.5. The van der Waals surface area contributed by atoms with Gasteiger partial charge in [-0.3, -0.25) is 9.59 Å². The molecule has 0 spiro atoms. The highest BCUT2D eigenvalue weighted by Gasteiger charge is 2.30. The van der Waals surface area contributed by atoms with E-state index in [0.29, 0.717) is 18.4 Å². The van der Waals surface area contributed by atoms with Crippen LogP contribution in [-0.4, -0.2) is 18.9 Å². The van der Waals surface area contributed by atoms with Crippen molar-refractivity contribution in [3.63, 3.8) is 0 Å². The van der Waals surface area contributed by atoms with Crippen LogP contribution in [0.25, 0.3) is 0 Å². The van der Waals surface area contributed by atoms with Crippen LogP contribution in [0, 0.1) is 0 Å². The zero-order chi connectivity index (χ0) is 10.8. The molecular formula is C12H12O3. The smallest absolute Gasteiger partial charge is 0.313 e. The van der Waals surface area contributed by atoms with Gasteiger partial charge in [-0.1, -0.05) is 24.3 Å². The van der Waals surface area contributed by atoms with E-state index in [4.69, 9.17) is 4.74 Å². The van der Waals surface area contributed by atoms with E-state index in [-0.39, 0.29) is 17.7 Å². The SMILES string of the molecule is COC(=O)[C@@H]1CCC(=O)c2ccccc21. The van der Waals surface area contributed by atoms with Crippen LogP contribution in [0.15, 0.2) is 24.3 Å². The number of hydrogen-bond donors (Lipinski definition) is 0. The van der Waals surface area contributed by atoms with Gasteiger partial charge in [0.15, 0.2) is 5.78 Å². The summed E-state index contributed by atoms with van der Waals surface area (Å²) in [5.41, 5.74) is 1.47. The van der Waals surface area contributed by atoms with Crippen molar-refractivity contribution in [2.75, 3.05) is 7.11 Å². The van der Waals surface area contributed by atoms with Crippen molar-refractivity contribution < 1.29 is 14.3 Å². The van der Waals surface area contributed by atoms with Crippen LogP contribution in [0.5, 0.6) is 0 Å². The molecule has 3 heteroatoms. The Morgan fingerprint density at radius 3 is 2.87 bits per heavy atom. The Labute approximate surface area is 88.1 Å². The number of carbonyl (C=O) groups is 2. The van der Waals surface area contributed by atoms with Crippen LogP contribution >= 0.6 is 0 Å². The van der Waals surface area contributed by atoms with Gasteiger partial charge >= 0.3 is 5.97 Å². The first kappa shape index (κ1) is 9.90. The lowest BCUT2D eigenvalue weighted by molar-refractivity contribution is -0.142. The average Bonchev–Trinajstić information content (AvgIpc) is 2.29. The lowest BCUT2D eigenvalue weighted by atomic mass is 9.82. The molecule has 0 aliphatic heterocycles. The molecule has 1 aromatic carbocycles. The molecule has 3 nitrogen and oxygen atoms in total. The predicted octanol–water partition coefficient (Wildman–Crippen LogP) is 1.92. The molecule has 0 N–H and O–H groups in total. The summed E-state index contributed by atoms with van der Waals surface area (Å²) < 4.78 is 4.73. The summed E-state index contributed by atoms with van der Waals surface area (Å²) in [4.78, 5) is 23.1. The average molecular weight is 204 g/mol. The van der Waals surface area contributed by atoms with Gasteiger partial charge in [0.05, 0.1) is 13.0 Å². The fourth-order valence-electron chi connectivity index (χ4n) is 2.01. The first-order valence-corrected chi connectivity index (χ1v) is 4.94. The Morgan fingerprint density at radius 2 is 2.13 bits per heavy atom.